The van der Waals surface area contributed by atoms with Gasteiger partial charge in [-0.05, 0) is 54.7 Å². The van der Waals surface area contributed by atoms with Crippen molar-refractivity contribution in [2.24, 2.45) is 5.92 Å². The van der Waals surface area contributed by atoms with E-state index in [0.29, 0.717) is 28.9 Å². The predicted molar refractivity (Wildman–Crippen MR) is 116 cm³/mol. The van der Waals surface area contributed by atoms with E-state index in [2.05, 4.69) is 17.1 Å². The highest BCUT2D eigenvalue weighted by atomic mass is 19.1. The molecule has 2 heterocycles. The summed E-state index contributed by atoms with van der Waals surface area (Å²) >= 11 is 0. The van der Waals surface area contributed by atoms with Gasteiger partial charge in [-0.15, -0.1) is 0 Å². The second-order valence-corrected chi connectivity index (χ2v) is 7.71. The van der Waals surface area contributed by atoms with Crippen molar-refractivity contribution in [2.45, 2.75) is 19.8 Å². The lowest BCUT2D eigenvalue weighted by Gasteiger charge is -2.30. The summed E-state index contributed by atoms with van der Waals surface area (Å²) in [6.45, 7) is 3.69. The van der Waals surface area contributed by atoms with Crippen LogP contribution in [0.2, 0.25) is 0 Å². The molecule has 1 saturated heterocycles. The fourth-order valence-electron chi connectivity index (χ4n) is 3.58. The van der Waals surface area contributed by atoms with Crippen LogP contribution in [0.25, 0.3) is 23.5 Å². The molecule has 31 heavy (non-hydrogen) atoms. The molecule has 2 aromatic carbocycles. The first-order valence-corrected chi connectivity index (χ1v) is 10.4. The number of hydrogen-bond acceptors (Lipinski definition) is 5. The Morgan fingerprint density at radius 3 is 2.84 bits per heavy atom. The minimum atomic E-state index is -0.290. The van der Waals surface area contributed by atoms with E-state index < -0.39 is 0 Å². The van der Waals surface area contributed by atoms with E-state index in [1.807, 2.05) is 23.1 Å². The molecule has 1 atom stereocenters. The molecule has 0 N–H and O–H groups in total. The number of benzene rings is 2. The Kier molecular flexibility index (Phi) is 6.40. The van der Waals surface area contributed by atoms with Crippen LogP contribution in [0.1, 0.15) is 31.2 Å². The molecule has 1 aliphatic heterocycles. The molecule has 7 heteroatoms. The second kappa shape index (κ2) is 9.55. The average Bonchev–Trinajstić information content (AvgIpc) is 3.26. The fraction of sp³-hybridized carbons (Fsp3) is 0.292. The SMILES string of the molecule is C[C@H]1CCCN(C(=O)COc2ccccc2-c2noc(/C=C/c3ccc(F)cc3)n2)C1. The lowest BCUT2D eigenvalue weighted by molar-refractivity contribution is -0.135. The van der Waals surface area contributed by atoms with E-state index >= 15 is 0 Å². The first-order valence-electron chi connectivity index (χ1n) is 10.4. The summed E-state index contributed by atoms with van der Waals surface area (Å²) in [6, 6.07) is 13.4. The topological polar surface area (TPSA) is 68.5 Å². The molecule has 1 amide bonds. The van der Waals surface area contributed by atoms with E-state index in [1.165, 1.54) is 12.1 Å². The summed E-state index contributed by atoms with van der Waals surface area (Å²) in [7, 11) is 0. The number of likely N-dealkylation sites (tertiary alicyclic amines) is 1. The summed E-state index contributed by atoms with van der Waals surface area (Å²) in [6.07, 6.45) is 5.61. The van der Waals surface area contributed by atoms with Crippen molar-refractivity contribution < 1.29 is 18.4 Å². The Morgan fingerprint density at radius 1 is 1.23 bits per heavy atom. The second-order valence-electron chi connectivity index (χ2n) is 7.71. The Labute approximate surface area is 180 Å². The van der Waals surface area contributed by atoms with Crippen LogP contribution in [-0.2, 0) is 4.79 Å². The maximum Gasteiger partial charge on any atom is 0.260 e. The smallest absolute Gasteiger partial charge is 0.260 e. The van der Waals surface area contributed by atoms with Crippen molar-refractivity contribution in [2.75, 3.05) is 19.7 Å². The van der Waals surface area contributed by atoms with Gasteiger partial charge in [-0.2, -0.15) is 4.98 Å². The number of nitrogens with zero attached hydrogens (tertiary/aromatic N) is 3. The molecule has 0 radical (unpaired) electrons. The van der Waals surface area contributed by atoms with E-state index in [1.54, 1.807) is 30.4 Å². The number of para-hydroxylation sites is 1. The number of rotatable bonds is 6. The van der Waals surface area contributed by atoms with Gasteiger partial charge in [0.1, 0.15) is 11.6 Å². The third-order valence-corrected chi connectivity index (χ3v) is 5.22. The van der Waals surface area contributed by atoms with Gasteiger partial charge in [0.15, 0.2) is 6.61 Å². The molecular weight excluding hydrogens is 397 g/mol. The minimum absolute atomic E-state index is 0.0163. The van der Waals surface area contributed by atoms with Crippen LogP contribution < -0.4 is 4.74 Å². The quantitative estimate of drug-likeness (QED) is 0.578. The normalized spacial score (nSPS) is 16.6. The largest absolute Gasteiger partial charge is 0.483 e. The van der Waals surface area contributed by atoms with Crippen LogP contribution in [-0.4, -0.2) is 40.6 Å². The molecule has 0 spiro atoms. The highest BCUT2D eigenvalue weighted by Crippen LogP contribution is 2.28. The monoisotopic (exact) mass is 421 g/mol. The van der Waals surface area contributed by atoms with Crippen molar-refractivity contribution in [3.63, 3.8) is 0 Å². The lowest BCUT2D eigenvalue weighted by Crippen LogP contribution is -2.41. The number of ether oxygens (including phenoxy) is 1. The highest BCUT2D eigenvalue weighted by molar-refractivity contribution is 5.78. The zero-order valence-electron chi connectivity index (χ0n) is 17.3. The number of carbonyl (C=O) groups excluding carboxylic acids is 1. The van der Waals surface area contributed by atoms with Gasteiger partial charge in [-0.3, -0.25) is 4.79 Å². The Balaban J connectivity index is 1.43. The molecule has 3 aromatic rings. The number of halogens is 1. The van der Waals surface area contributed by atoms with Crippen LogP contribution >= 0.6 is 0 Å². The maximum atomic E-state index is 13.0. The summed E-state index contributed by atoms with van der Waals surface area (Å²) in [5.41, 5.74) is 1.46. The zero-order valence-corrected chi connectivity index (χ0v) is 17.3. The standard InChI is InChI=1S/C24H24FN3O3/c1-17-5-4-14-28(15-17)23(29)16-30-21-7-3-2-6-20(21)24-26-22(31-27-24)13-10-18-8-11-19(25)12-9-18/h2-3,6-13,17H,4-5,14-16H2,1H3/b13-10+/t17-/m0/s1. The number of piperidine rings is 1. The van der Waals surface area contributed by atoms with Gasteiger partial charge in [0.2, 0.25) is 5.82 Å². The Morgan fingerprint density at radius 2 is 2.03 bits per heavy atom. The predicted octanol–water partition coefficient (Wildman–Crippen LogP) is 4.68. The highest BCUT2D eigenvalue weighted by Gasteiger charge is 2.22. The molecule has 160 valence electrons. The summed E-state index contributed by atoms with van der Waals surface area (Å²) in [5, 5.41) is 4.03. The van der Waals surface area contributed by atoms with E-state index in [4.69, 9.17) is 9.26 Å². The third-order valence-electron chi connectivity index (χ3n) is 5.22. The molecule has 0 bridgehead atoms. The fourth-order valence-corrected chi connectivity index (χ4v) is 3.58. The van der Waals surface area contributed by atoms with Gasteiger partial charge < -0.3 is 14.2 Å². The van der Waals surface area contributed by atoms with Gasteiger partial charge in [0.25, 0.3) is 11.8 Å². The van der Waals surface area contributed by atoms with Crippen molar-refractivity contribution in [1.29, 1.82) is 0 Å². The number of hydrogen-bond donors (Lipinski definition) is 0. The minimum Gasteiger partial charge on any atom is -0.483 e. The molecule has 0 saturated carbocycles. The van der Waals surface area contributed by atoms with Crippen molar-refractivity contribution >= 4 is 18.1 Å². The lowest BCUT2D eigenvalue weighted by atomic mass is 10.0. The van der Waals surface area contributed by atoms with Gasteiger partial charge in [-0.1, -0.05) is 36.3 Å². The number of aromatic nitrogens is 2. The molecule has 1 fully saturated rings. The first kappa shape index (κ1) is 20.8. The van der Waals surface area contributed by atoms with Crippen LogP contribution in [0.3, 0.4) is 0 Å². The number of amides is 1. The van der Waals surface area contributed by atoms with Crippen LogP contribution in [0.5, 0.6) is 5.75 Å². The first-order chi connectivity index (χ1) is 15.1. The van der Waals surface area contributed by atoms with Crippen LogP contribution in [0.4, 0.5) is 4.39 Å². The van der Waals surface area contributed by atoms with E-state index in [-0.39, 0.29) is 18.3 Å². The summed E-state index contributed by atoms with van der Waals surface area (Å²) in [5.74, 6) is 1.42. The maximum absolute atomic E-state index is 13.0. The molecule has 0 aliphatic carbocycles. The summed E-state index contributed by atoms with van der Waals surface area (Å²) in [4.78, 5) is 18.8. The van der Waals surface area contributed by atoms with E-state index in [0.717, 1.165) is 31.5 Å². The van der Waals surface area contributed by atoms with Crippen molar-refractivity contribution in [1.82, 2.24) is 15.0 Å². The van der Waals surface area contributed by atoms with Crippen LogP contribution in [0.15, 0.2) is 53.1 Å². The molecule has 4 rings (SSSR count). The number of carbonyl (C=O) groups is 1. The molecule has 1 aliphatic rings. The Hall–Kier alpha value is -3.48. The van der Waals surface area contributed by atoms with Crippen molar-refractivity contribution in [3.8, 4) is 17.1 Å². The zero-order chi connectivity index (χ0) is 21.6. The average molecular weight is 421 g/mol. The third kappa shape index (κ3) is 5.36. The van der Waals surface area contributed by atoms with Gasteiger partial charge in [-0.25, -0.2) is 4.39 Å². The van der Waals surface area contributed by atoms with Crippen molar-refractivity contribution in [3.05, 3.63) is 65.8 Å². The molecule has 0 unspecified atom stereocenters. The molecule has 1 aromatic heterocycles. The van der Waals surface area contributed by atoms with Gasteiger partial charge >= 0.3 is 0 Å². The molecular formula is C24H24FN3O3. The Bertz CT molecular complexity index is 1060. The van der Waals surface area contributed by atoms with Gasteiger partial charge in [0.05, 0.1) is 5.56 Å². The van der Waals surface area contributed by atoms with Gasteiger partial charge in [0, 0.05) is 19.2 Å². The van der Waals surface area contributed by atoms with E-state index in [9.17, 15) is 9.18 Å². The molecule has 6 nitrogen and oxygen atoms in total. The summed E-state index contributed by atoms with van der Waals surface area (Å²) < 4.78 is 24.1. The van der Waals surface area contributed by atoms with Crippen LogP contribution in [0, 0.1) is 11.7 Å².